The van der Waals surface area contributed by atoms with Gasteiger partial charge in [0.2, 0.25) is 0 Å². The van der Waals surface area contributed by atoms with Gasteiger partial charge in [-0.05, 0) is 59.4 Å². The first kappa shape index (κ1) is 14.9. The van der Waals surface area contributed by atoms with Crippen LogP contribution in [0.2, 0.25) is 0 Å². The standard InChI is InChI=1S/C14H31N3/c1-16(2)11-6-9-15-10-12-17(3)13-14-7-4-5-8-14/h14-15H,4-13H2,1-3H3. The van der Waals surface area contributed by atoms with Gasteiger partial charge >= 0.3 is 0 Å². The van der Waals surface area contributed by atoms with Gasteiger partial charge in [0.25, 0.3) is 0 Å². The lowest BCUT2D eigenvalue weighted by atomic mass is 10.1. The van der Waals surface area contributed by atoms with E-state index >= 15 is 0 Å². The zero-order valence-electron chi connectivity index (χ0n) is 12.0. The molecule has 1 aliphatic rings. The monoisotopic (exact) mass is 241 g/mol. The lowest BCUT2D eigenvalue weighted by Crippen LogP contribution is -2.33. The summed E-state index contributed by atoms with van der Waals surface area (Å²) < 4.78 is 0. The molecule has 1 aliphatic carbocycles. The van der Waals surface area contributed by atoms with E-state index < -0.39 is 0 Å². The lowest BCUT2D eigenvalue weighted by molar-refractivity contribution is 0.277. The predicted octanol–water partition coefficient (Wildman–Crippen LogP) is 1.65. The third-order valence-corrected chi connectivity index (χ3v) is 3.67. The molecular formula is C14H31N3. The molecule has 0 saturated heterocycles. The van der Waals surface area contributed by atoms with Crippen molar-refractivity contribution in [2.45, 2.75) is 32.1 Å². The fraction of sp³-hybridized carbons (Fsp3) is 1.00. The molecule has 0 spiro atoms. The Bertz CT molecular complexity index is 176. The maximum Gasteiger partial charge on any atom is 0.0104 e. The Hall–Kier alpha value is -0.120. The summed E-state index contributed by atoms with van der Waals surface area (Å²) >= 11 is 0. The van der Waals surface area contributed by atoms with E-state index in [0.29, 0.717) is 0 Å². The smallest absolute Gasteiger partial charge is 0.0104 e. The Morgan fingerprint density at radius 1 is 1.00 bits per heavy atom. The number of hydrogen-bond acceptors (Lipinski definition) is 3. The number of nitrogens with zero attached hydrogens (tertiary/aromatic N) is 2. The van der Waals surface area contributed by atoms with Crippen molar-refractivity contribution in [2.75, 3.05) is 53.9 Å². The molecule has 3 heteroatoms. The van der Waals surface area contributed by atoms with Crippen LogP contribution in [0.4, 0.5) is 0 Å². The second kappa shape index (κ2) is 8.90. The van der Waals surface area contributed by atoms with Crippen molar-refractivity contribution >= 4 is 0 Å². The minimum atomic E-state index is 0.980. The van der Waals surface area contributed by atoms with E-state index in [1.807, 2.05) is 0 Å². The Morgan fingerprint density at radius 2 is 1.71 bits per heavy atom. The molecule has 102 valence electrons. The quantitative estimate of drug-likeness (QED) is 0.619. The van der Waals surface area contributed by atoms with Gasteiger partial charge in [-0.3, -0.25) is 0 Å². The van der Waals surface area contributed by atoms with Crippen LogP contribution in [0.15, 0.2) is 0 Å². The maximum absolute atomic E-state index is 3.53. The first-order valence-corrected chi connectivity index (χ1v) is 7.22. The molecular weight excluding hydrogens is 210 g/mol. The summed E-state index contributed by atoms with van der Waals surface area (Å²) in [4.78, 5) is 4.74. The van der Waals surface area contributed by atoms with Gasteiger partial charge in [-0.25, -0.2) is 0 Å². The number of nitrogens with one attached hydrogen (secondary N) is 1. The first-order valence-electron chi connectivity index (χ1n) is 7.22. The van der Waals surface area contributed by atoms with Crippen LogP contribution in [0.3, 0.4) is 0 Å². The molecule has 1 fully saturated rings. The van der Waals surface area contributed by atoms with Crippen molar-refractivity contribution in [3.8, 4) is 0 Å². The Morgan fingerprint density at radius 3 is 2.35 bits per heavy atom. The highest BCUT2D eigenvalue weighted by Crippen LogP contribution is 2.24. The average Bonchev–Trinajstić information content (AvgIpc) is 2.75. The van der Waals surface area contributed by atoms with Crippen LogP contribution in [0.1, 0.15) is 32.1 Å². The third-order valence-electron chi connectivity index (χ3n) is 3.67. The minimum absolute atomic E-state index is 0.980. The molecule has 1 saturated carbocycles. The maximum atomic E-state index is 3.53. The molecule has 0 aromatic rings. The lowest BCUT2D eigenvalue weighted by Gasteiger charge is -2.20. The third kappa shape index (κ3) is 7.74. The minimum Gasteiger partial charge on any atom is -0.315 e. The van der Waals surface area contributed by atoms with Crippen LogP contribution in [-0.4, -0.2) is 63.7 Å². The molecule has 17 heavy (non-hydrogen) atoms. The largest absolute Gasteiger partial charge is 0.315 e. The van der Waals surface area contributed by atoms with E-state index in [0.717, 1.165) is 19.0 Å². The molecule has 1 N–H and O–H groups in total. The van der Waals surface area contributed by atoms with Crippen molar-refractivity contribution < 1.29 is 0 Å². The molecule has 3 nitrogen and oxygen atoms in total. The van der Waals surface area contributed by atoms with Crippen molar-refractivity contribution in [3.63, 3.8) is 0 Å². The van der Waals surface area contributed by atoms with E-state index in [1.165, 1.54) is 51.7 Å². The number of rotatable bonds is 9. The van der Waals surface area contributed by atoms with Crippen LogP contribution >= 0.6 is 0 Å². The first-order chi connectivity index (χ1) is 8.18. The molecule has 1 rings (SSSR count). The highest BCUT2D eigenvalue weighted by molar-refractivity contribution is 4.70. The summed E-state index contributed by atoms with van der Waals surface area (Å²) in [5.41, 5.74) is 0. The summed E-state index contributed by atoms with van der Waals surface area (Å²) in [5, 5.41) is 3.53. The van der Waals surface area contributed by atoms with Gasteiger partial charge < -0.3 is 15.1 Å². The molecule has 0 heterocycles. The molecule has 0 atom stereocenters. The summed E-state index contributed by atoms with van der Waals surface area (Å²) in [5.74, 6) is 0.980. The normalized spacial score (nSPS) is 17.5. The molecule has 0 bridgehead atoms. The second-order valence-corrected chi connectivity index (χ2v) is 5.82. The van der Waals surface area contributed by atoms with Crippen LogP contribution < -0.4 is 5.32 Å². The van der Waals surface area contributed by atoms with E-state index in [1.54, 1.807) is 0 Å². The highest BCUT2D eigenvalue weighted by atomic mass is 15.1. The van der Waals surface area contributed by atoms with E-state index in [2.05, 4.69) is 36.3 Å². The Kier molecular flexibility index (Phi) is 7.82. The summed E-state index contributed by atoms with van der Waals surface area (Å²) in [6.07, 6.45) is 7.09. The van der Waals surface area contributed by atoms with Gasteiger partial charge in [0.15, 0.2) is 0 Å². The summed E-state index contributed by atoms with van der Waals surface area (Å²) in [6, 6.07) is 0. The molecule has 0 unspecified atom stereocenters. The van der Waals surface area contributed by atoms with Crippen LogP contribution in [0, 0.1) is 5.92 Å². The van der Waals surface area contributed by atoms with Gasteiger partial charge in [-0.1, -0.05) is 12.8 Å². The zero-order chi connectivity index (χ0) is 12.5. The van der Waals surface area contributed by atoms with E-state index in [9.17, 15) is 0 Å². The highest BCUT2D eigenvalue weighted by Gasteiger charge is 2.16. The van der Waals surface area contributed by atoms with Crippen molar-refractivity contribution in [1.29, 1.82) is 0 Å². The van der Waals surface area contributed by atoms with E-state index in [-0.39, 0.29) is 0 Å². The van der Waals surface area contributed by atoms with Crippen LogP contribution in [-0.2, 0) is 0 Å². The topological polar surface area (TPSA) is 18.5 Å². The van der Waals surface area contributed by atoms with Gasteiger partial charge in [-0.15, -0.1) is 0 Å². The van der Waals surface area contributed by atoms with E-state index in [4.69, 9.17) is 0 Å². The summed E-state index contributed by atoms with van der Waals surface area (Å²) in [7, 11) is 6.53. The van der Waals surface area contributed by atoms with Crippen molar-refractivity contribution in [1.82, 2.24) is 15.1 Å². The van der Waals surface area contributed by atoms with Crippen molar-refractivity contribution in [3.05, 3.63) is 0 Å². The summed E-state index contributed by atoms with van der Waals surface area (Å²) in [6.45, 7) is 5.97. The van der Waals surface area contributed by atoms with Crippen LogP contribution in [0.5, 0.6) is 0 Å². The molecule has 0 aliphatic heterocycles. The Labute approximate surface area is 108 Å². The van der Waals surface area contributed by atoms with Gasteiger partial charge in [0.1, 0.15) is 0 Å². The van der Waals surface area contributed by atoms with Gasteiger partial charge in [0, 0.05) is 19.6 Å². The predicted molar refractivity (Wildman–Crippen MR) is 75.5 cm³/mol. The fourth-order valence-corrected chi connectivity index (χ4v) is 2.64. The molecule has 0 aromatic heterocycles. The molecule has 0 amide bonds. The number of hydrogen-bond donors (Lipinski definition) is 1. The fourth-order valence-electron chi connectivity index (χ4n) is 2.64. The molecule has 0 aromatic carbocycles. The van der Waals surface area contributed by atoms with Gasteiger partial charge in [0.05, 0.1) is 0 Å². The molecule has 0 radical (unpaired) electrons. The average molecular weight is 241 g/mol. The van der Waals surface area contributed by atoms with Crippen molar-refractivity contribution in [2.24, 2.45) is 5.92 Å². The van der Waals surface area contributed by atoms with Gasteiger partial charge in [-0.2, -0.15) is 0 Å². The zero-order valence-corrected chi connectivity index (χ0v) is 12.0. The van der Waals surface area contributed by atoms with Crippen LogP contribution in [0.25, 0.3) is 0 Å². The second-order valence-electron chi connectivity index (χ2n) is 5.82. The Balaban J connectivity index is 1.87. The SMILES string of the molecule is CN(C)CCCNCCN(C)CC1CCCC1. The number of likely N-dealkylation sites (N-methyl/N-ethyl adjacent to an activating group) is 1.